The summed E-state index contributed by atoms with van der Waals surface area (Å²) in [6.45, 7) is 6.71. The van der Waals surface area contributed by atoms with E-state index in [2.05, 4.69) is 57.0 Å². The van der Waals surface area contributed by atoms with E-state index in [4.69, 9.17) is 4.98 Å². The maximum Gasteiger partial charge on any atom is 0.157 e. The molecule has 2 fully saturated rings. The van der Waals surface area contributed by atoms with E-state index < -0.39 is 0 Å². The highest BCUT2D eigenvalue weighted by Crippen LogP contribution is 2.31. The van der Waals surface area contributed by atoms with Crippen LogP contribution in [0.3, 0.4) is 0 Å². The van der Waals surface area contributed by atoms with Crippen LogP contribution in [-0.4, -0.2) is 41.1 Å². The highest BCUT2D eigenvalue weighted by Gasteiger charge is 2.23. The second-order valence-electron chi connectivity index (χ2n) is 8.19. The third-order valence-corrected chi connectivity index (χ3v) is 6.05. The molecule has 5 nitrogen and oxygen atoms in total. The summed E-state index contributed by atoms with van der Waals surface area (Å²) in [6, 6.07) is 10.9. The van der Waals surface area contributed by atoms with Crippen molar-refractivity contribution in [3.8, 4) is 11.3 Å². The van der Waals surface area contributed by atoms with E-state index in [1.54, 1.807) is 12.4 Å². The molecule has 2 saturated heterocycles. The van der Waals surface area contributed by atoms with Gasteiger partial charge in [-0.1, -0.05) is 19.1 Å². The molecule has 3 aromatic rings. The van der Waals surface area contributed by atoms with Crippen LogP contribution in [0.4, 0.5) is 11.5 Å². The smallest absolute Gasteiger partial charge is 0.157 e. The van der Waals surface area contributed by atoms with Crippen molar-refractivity contribution >= 4 is 22.5 Å². The van der Waals surface area contributed by atoms with Crippen molar-refractivity contribution in [2.75, 3.05) is 36.0 Å². The number of rotatable bonds is 3. The fraction of sp³-hybridized carbons (Fsp3) is 0.435. The van der Waals surface area contributed by atoms with Crippen molar-refractivity contribution < 1.29 is 0 Å². The van der Waals surface area contributed by atoms with Crippen molar-refractivity contribution in [1.29, 1.82) is 0 Å². The number of benzene rings is 1. The number of anilines is 2. The Morgan fingerprint density at radius 2 is 1.68 bits per heavy atom. The van der Waals surface area contributed by atoms with E-state index in [-0.39, 0.29) is 0 Å². The van der Waals surface area contributed by atoms with Crippen LogP contribution in [0, 0.1) is 5.92 Å². The van der Waals surface area contributed by atoms with E-state index in [1.807, 2.05) is 0 Å². The fourth-order valence-electron chi connectivity index (χ4n) is 4.45. The largest absolute Gasteiger partial charge is 0.372 e. The van der Waals surface area contributed by atoms with Crippen LogP contribution in [0.15, 0.2) is 42.7 Å². The zero-order chi connectivity index (χ0) is 18.9. The first-order valence-electron chi connectivity index (χ1n) is 10.5. The maximum atomic E-state index is 5.04. The summed E-state index contributed by atoms with van der Waals surface area (Å²) >= 11 is 0. The van der Waals surface area contributed by atoms with Crippen LogP contribution >= 0.6 is 0 Å². The summed E-state index contributed by atoms with van der Waals surface area (Å²) in [4.78, 5) is 19.1. The molecule has 0 radical (unpaired) electrons. The van der Waals surface area contributed by atoms with E-state index >= 15 is 0 Å². The minimum absolute atomic E-state index is 0.695. The Balaban J connectivity index is 1.51. The minimum atomic E-state index is 0.695. The first kappa shape index (κ1) is 17.4. The summed E-state index contributed by atoms with van der Waals surface area (Å²) in [5, 5.41) is 0. The van der Waals surface area contributed by atoms with Crippen molar-refractivity contribution in [3.63, 3.8) is 0 Å². The molecule has 0 saturated carbocycles. The van der Waals surface area contributed by atoms with E-state index in [1.165, 1.54) is 44.5 Å². The van der Waals surface area contributed by atoms with Gasteiger partial charge in [-0.05, 0) is 49.8 Å². The van der Waals surface area contributed by atoms with Gasteiger partial charge in [-0.2, -0.15) is 0 Å². The van der Waals surface area contributed by atoms with Gasteiger partial charge in [0.2, 0.25) is 0 Å². The Labute approximate surface area is 166 Å². The lowest BCUT2D eigenvalue weighted by Crippen LogP contribution is -2.29. The molecule has 5 rings (SSSR count). The van der Waals surface area contributed by atoms with Crippen molar-refractivity contribution in [3.05, 3.63) is 42.7 Å². The first-order valence-corrected chi connectivity index (χ1v) is 10.5. The zero-order valence-corrected chi connectivity index (χ0v) is 16.5. The minimum Gasteiger partial charge on any atom is -0.372 e. The second-order valence-corrected chi connectivity index (χ2v) is 8.19. The third-order valence-electron chi connectivity index (χ3n) is 6.05. The number of fused-ring (bicyclic) bond motifs is 1. The summed E-state index contributed by atoms with van der Waals surface area (Å²) in [5.74, 6) is 1.67. The molecule has 0 aliphatic carbocycles. The average molecular weight is 374 g/mol. The molecule has 144 valence electrons. The Hall–Kier alpha value is -2.69. The third kappa shape index (κ3) is 3.30. The van der Waals surface area contributed by atoms with Crippen molar-refractivity contribution in [2.45, 2.75) is 32.6 Å². The van der Waals surface area contributed by atoms with Crippen molar-refractivity contribution in [2.24, 2.45) is 5.92 Å². The second kappa shape index (κ2) is 7.38. The molecule has 0 N–H and O–H groups in total. The fourth-order valence-corrected chi connectivity index (χ4v) is 4.45. The molecule has 1 aromatic carbocycles. The standard InChI is InChI=1S/C23H27N5/c1-17-9-14-28(16-17)23-22-21(24-10-11-25-22)15-20(26-23)18-5-7-19(8-6-18)27-12-3-2-4-13-27/h5-8,10-11,15,17H,2-4,9,12-14,16H2,1H3/t17-/m0/s1. The molecule has 28 heavy (non-hydrogen) atoms. The molecule has 4 heterocycles. The Kier molecular flexibility index (Phi) is 4.59. The number of aromatic nitrogens is 3. The monoisotopic (exact) mass is 373 g/mol. The lowest BCUT2D eigenvalue weighted by atomic mass is 10.1. The van der Waals surface area contributed by atoms with Gasteiger partial charge in [0.15, 0.2) is 5.82 Å². The Bertz CT molecular complexity index is 962. The zero-order valence-electron chi connectivity index (χ0n) is 16.5. The molecule has 1 atom stereocenters. The molecule has 2 aliphatic rings. The number of pyridine rings is 1. The molecular weight excluding hydrogens is 346 g/mol. The Morgan fingerprint density at radius 3 is 2.43 bits per heavy atom. The molecule has 2 aromatic heterocycles. The molecule has 5 heteroatoms. The van der Waals surface area contributed by atoms with Gasteiger partial charge in [-0.25, -0.2) is 9.97 Å². The topological polar surface area (TPSA) is 45.2 Å². The number of hydrogen-bond acceptors (Lipinski definition) is 5. The Morgan fingerprint density at radius 1 is 0.893 bits per heavy atom. The predicted octanol–water partition coefficient (Wildman–Crippen LogP) is 4.53. The van der Waals surface area contributed by atoms with Crippen LogP contribution in [-0.2, 0) is 0 Å². The number of nitrogens with zero attached hydrogens (tertiary/aromatic N) is 5. The summed E-state index contributed by atoms with van der Waals surface area (Å²) in [7, 11) is 0. The lowest BCUT2D eigenvalue weighted by Gasteiger charge is -2.28. The molecule has 0 bridgehead atoms. The summed E-state index contributed by atoms with van der Waals surface area (Å²) < 4.78 is 0. The van der Waals surface area contributed by atoms with Crippen LogP contribution in [0.2, 0.25) is 0 Å². The first-order chi connectivity index (χ1) is 13.8. The maximum absolute atomic E-state index is 5.04. The van der Waals surface area contributed by atoms with Crippen LogP contribution in [0.1, 0.15) is 32.6 Å². The van der Waals surface area contributed by atoms with E-state index in [0.29, 0.717) is 5.92 Å². The van der Waals surface area contributed by atoms with Gasteiger partial charge in [-0.15, -0.1) is 0 Å². The number of hydrogen-bond donors (Lipinski definition) is 0. The van der Waals surface area contributed by atoms with Gasteiger partial charge in [0, 0.05) is 49.8 Å². The quantitative estimate of drug-likeness (QED) is 0.675. The number of piperidine rings is 1. The molecular formula is C23H27N5. The van der Waals surface area contributed by atoms with Crippen molar-refractivity contribution in [1.82, 2.24) is 15.0 Å². The molecule has 0 amide bonds. The van der Waals surface area contributed by atoms with Crippen LogP contribution in [0.5, 0.6) is 0 Å². The highest BCUT2D eigenvalue weighted by molar-refractivity contribution is 5.89. The van der Waals surface area contributed by atoms with Gasteiger partial charge >= 0.3 is 0 Å². The molecule has 0 spiro atoms. The van der Waals surface area contributed by atoms with E-state index in [9.17, 15) is 0 Å². The van der Waals surface area contributed by atoms with Gasteiger partial charge in [0.1, 0.15) is 5.52 Å². The van der Waals surface area contributed by atoms with Crippen LogP contribution in [0.25, 0.3) is 22.3 Å². The average Bonchev–Trinajstić information content (AvgIpc) is 3.20. The van der Waals surface area contributed by atoms with Gasteiger partial charge in [0.05, 0.1) is 11.2 Å². The normalized spacial score (nSPS) is 20.1. The SMILES string of the molecule is C[C@H]1CCN(c2nc(-c3ccc(N4CCCCC4)cc3)cc3nccnc23)C1. The van der Waals surface area contributed by atoms with Gasteiger partial charge in [-0.3, -0.25) is 4.98 Å². The lowest BCUT2D eigenvalue weighted by molar-refractivity contribution is 0.578. The molecule has 2 aliphatic heterocycles. The van der Waals surface area contributed by atoms with Crippen LogP contribution < -0.4 is 9.80 Å². The molecule has 0 unspecified atom stereocenters. The predicted molar refractivity (Wildman–Crippen MR) is 115 cm³/mol. The van der Waals surface area contributed by atoms with Gasteiger partial charge in [0.25, 0.3) is 0 Å². The highest BCUT2D eigenvalue weighted by atomic mass is 15.2. The summed E-state index contributed by atoms with van der Waals surface area (Å²) in [6.07, 6.45) is 8.68. The summed E-state index contributed by atoms with van der Waals surface area (Å²) in [5.41, 5.74) is 5.26. The van der Waals surface area contributed by atoms with Gasteiger partial charge < -0.3 is 9.80 Å². The van der Waals surface area contributed by atoms with E-state index in [0.717, 1.165) is 41.2 Å².